The van der Waals surface area contributed by atoms with Crippen LogP contribution in [-0.4, -0.2) is 56.5 Å². The zero-order chi connectivity index (χ0) is 12.6. The van der Waals surface area contributed by atoms with Crippen LogP contribution in [0.2, 0.25) is 0 Å². The van der Waals surface area contributed by atoms with Gasteiger partial charge in [0, 0.05) is 19.2 Å². The zero-order valence-corrected chi connectivity index (χ0v) is 8.95. The quantitative estimate of drug-likeness (QED) is 0.518. The van der Waals surface area contributed by atoms with E-state index in [0.717, 1.165) is 6.07 Å². The minimum Gasteiger partial charge on any atom is -0.508 e. The summed E-state index contributed by atoms with van der Waals surface area (Å²) in [7, 11) is 0. The summed E-state index contributed by atoms with van der Waals surface area (Å²) in [6.07, 6.45) is -1.92. The molecule has 6 nitrogen and oxygen atoms in total. The summed E-state index contributed by atoms with van der Waals surface area (Å²) in [4.78, 5) is 13.2. The predicted octanol–water partition coefficient (Wildman–Crippen LogP) is -0.725. The smallest absolute Gasteiger partial charge is 0.257 e. The number of β-amino-alcohol motifs (C(OH)–C–C–N with tert-alkyl or cyclic N) is 2. The Morgan fingerprint density at radius 2 is 1.76 bits per heavy atom. The van der Waals surface area contributed by atoms with Crippen molar-refractivity contribution in [1.29, 1.82) is 0 Å². The first-order valence-electron chi connectivity index (χ1n) is 5.16. The Morgan fingerprint density at radius 3 is 2.29 bits per heavy atom. The third-order valence-corrected chi connectivity index (χ3v) is 2.76. The van der Waals surface area contributed by atoms with Crippen molar-refractivity contribution in [1.82, 2.24) is 4.90 Å². The maximum Gasteiger partial charge on any atom is 0.257 e. The average molecular weight is 239 g/mol. The summed E-state index contributed by atoms with van der Waals surface area (Å²) >= 11 is 0. The molecule has 1 heterocycles. The van der Waals surface area contributed by atoms with E-state index in [4.69, 9.17) is 5.11 Å². The molecule has 0 aliphatic carbocycles. The molecule has 1 saturated heterocycles. The molecule has 6 heteroatoms. The minimum atomic E-state index is -0.960. The third-order valence-electron chi connectivity index (χ3n) is 2.76. The van der Waals surface area contributed by atoms with Crippen LogP contribution in [0.25, 0.3) is 0 Å². The number of carbonyl (C=O) groups is 1. The van der Waals surface area contributed by atoms with Gasteiger partial charge in [0.25, 0.3) is 5.91 Å². The maximum absolute atomic E-state index is 11.9. The molecular weight excluding hydrogens is 226 g/mol. The van der Waals surface area contributed by atoms with E-state index < -0.39 is 18.1 Å². The lowest BCUT2D eigenvalue weighted by atomic mass is 10.1. The van der Waals surface area contributed by atoms with Crippen LogP contribution in [0.5, 0.6) is 11.5 Å². The molecule has 0 spiro atoms. The Kier molecular flexibility index (Phi) is 2.91. The van der Waals surface area contributed by atoms with Gasteiger partial charge in [-0.3, -0.25) is 4.79 Å². The number of aliphatic hydroxyl groups excluding tert-OH is 2. The van der Waals surface area contributed by atoms with Crippen LogP contribution in [0.4, 0.5) is 0 Å². The molecule has 92 valence electrons. The number of amides is 1. The third kappa shape index (κ3) is 2.17. The number of aliphatic hydroxyl groups is 2. The Labute approximate surface area is 97.3 Å². The van der Waals surface area contributed by atoms with Gasteiger partial charge in [-0.1, -0.05) is 0 Å². The number of aromatic hydroxyl groups is 2. The molecule has 4 N–H and O–H groups in total. The molecule has 0 bridgehead atoms. The highest BCUT2D eigenvalue weighted by molar-refractivity contribution is 5.97. The van der Waals surface area contributed by atoms with Crippen LogP contribution < -0.4 is 0 Å². The van der Waals surface area contributed by atoms with Gasteiger partial charge < -0.3 is 25.3 Å². The van der Waals surface area contributed by atoms with Gasteiger partial charge in [0.15, 0.2) is 0 Å². The van der Waals surface area contributed by atoms with E-state index in [1.165, 1.54) is 17.0 Å². The van der Waals surface area contributed by atoms with Crippen molar-refractivity contribution in [3.05, 3.63) is 23.8 Å². The summed E-state index contributed by atoms with van der Waals surface area (Å²) in [5.74, 6) is -0.954. The fourth-order valence-corrected chi connectivity index (χ4v) is 1.81. The first-order valence-corrected chi connectivity index (χ1v) is 5.16. The van der Waals surface area contributed by atoms with E-state index in [1.54, 1.807) is 0 Å². The summed E-state index contributed by atoms with van der Waals surface area (Å²) < 4.78 is 0. The first-order chi connectivity index (χ1) is 7.99. The molecule has 1 amide bonds. The second-order valence-electron chi connectivity index (χ2n) is 4.05. The number of carbonyl (C=O) groups excluding carboxylic acids is 1. The van der Waals surface area contributed by atoms with Crippen molar-refractivity contribution in [3.8, 4) is 11.5 Å². The molecule has 0 saturated carbocycles. The lowest BCUT2D eigenvalue weighted by Crippen LogP contribution is -2.29. The summed E-state index contributed by atoms with van der Waals surface area (Å²) in [6, 6.07) is 3.65. The average Bonchev–Trinajstić information content (AvgIpc) is 2.58. The molecule has 1 aromatic carbocycles. The highest BCUT2D eigenvalue weighted by atomic mass is 16.3. The molecule has 0 aromatic heterocycles. The number of phenolic OH excluding ortho intramolecular Hbond substituents is 2. The van der Waals surface area contributed by atoms with Crippen molar-refractivity contribution < 1.29 is 25.2 Å². The number of benzene rings is 1. The lowest BCUT2D eigenvalue weighted by molar-refractivity contribution is 0.0572. The van der Waals surface area contributed by atoms with Gasteiger partial charge in [-0.15, -0.1) is 0 Å². The standard InChI is InChI=1S/C11H13NO5/c13-6-1-2-7(8(14)3-6)11(17)12-4-9(15)10(16)5-12/h1-3,9-10,13-16H,4-5H2/t9-,10+. The minimum absolute atomic E-state index is 0.0281. The van der Waals surface area contributed by atoms with Gasteiger partial charge >= 0.3 is 0 Å². The highest BCUT2D eigenvalue weighted by Crippen LogP contribution is 2.25. The van der Waals surface area contributed by atoms with Crippen LogP contribution in [0.3, 0.4) is 0 Å². The van der Waals surface area contributed by atoms with Crippen LogP contribution >= 0.6 is 0 Å². The Morgan fingerprint density at radius 1 is 1.18 bits per heavy atom. The van der Waals surface area contributed by atoms with Crippen LogP contribution in [0, 0.1) is 0 Å². The molecule has 0 radical (unpaired) electrons. The SMILES string of the molecule is O=C(c1ccc(O)cc1O)N1C[C@@H](O)[C@@H](O)C1. The van der Waals surface area contributed by atoms with Crippen molar-refractivity contribution in [3.63, 3.8) is 0 Å². The van der Waals surface area contributed by atoms with Gasteiger partial charge in [-0.05, 0) is 12.1 Å². The fraction of sp³-hybridized carbons (Fsp3) is 0.364. The summed E-state index contributed by atoms with van der Waals surface area (Å²) in [6.45, 7) is 0.0562. The van der Waals surface area contributed by atoms with Crippen molar-refractivity contribution in [2.45, 2.75) is 12.2 Å². The fourth-order valence-electron chi connectivity index (χ4n) is 1.81. The molecular formula is C11H13NO5. The lowest BCUT2D eigenvalue weighted by Gasteiger charge is -2.16. The summed E-state index contributed by atoms with van der Waals surface area (Å²) in [5, 5.41) is 37.3. The van der Waals surface area contributed by atoms with Gasteiger partial charge in [0.2, 0.25) is 0 Å². The van der Waals surface area contributed by atoms with Crippen LogP contribution in [-0.2, 0) is 0 Å². The molecule has 2 rings (SSSR count). The molecule has 2 atom stereocenters. The number of hydrogen-bond donors (Lipinski definition) is 4. The molecule has 1 aromatic rings. The van der Waals surface area contributed by atoms with E-state index in [2.05, 4.69) is 0 Å². The number of rotatable bonds is 1. The van der Waals surface area contributed by atoms with E-state index in [0.29, 0.717) is 0 Å². The van der Waals surface area contributed by atoms with Crippen LogP contribution in [0.1, 0.15) is 10.4 Å². The van der Waals surface area contributed by atoms with Crippen molar-refractivity contribution >= 4 is 5.91 Å². The normalized spacial score (nSPS) is 24.0. The number of nitrogens with zero attached hydrogens (tertiary/aromatic N) is 1. The molecule has 0 unspecified atom stereocenters. The Bertz CT molecular complexity index is 437. The molecule has 1 aliphatic heterocycles. The van der Waals surface area contributed by atoms with Crippen LogP contribution in [0.15, 0.2) is 18.2 Å². The monoisotopic (exact) mass is 239 g/mol. The van der Waals surface area contributed by atoms with E-state index >= 15 is 0 Å². The van der Waals surface area contributed by atoms with Gasteiger partial charge in [-0.2, -0.15) is 0 Å². The summed E-state index contributed by atoms with van der Waals surface area (Å²) in [5.41, 5.74) is 0.0316. The number of hydrogen-bond acceptors (Lipinski definition) is 5. The van der Waals surface area contributed by atoms with E-state index in [-0.39, 0.29) is 30.2 Å². The van der Waals surface area contributed by atoms with Crippen molar-refractivity contribution in [2.24, 2.45) is 0 Å². The van der Waals surface area contributed by atoms with Crippen molar-refractivity contribution in [2.75, 3.05) is 13.1 Å². The van der Waals surface area contributed by atoms with Gasteiger partial charge in [0.05, 0.1) is 17.8 Å². The maximum atomic E-state index is 11.9. The largest absolute Gasteiger partial charge is 0.508 e. The topological polar surface area (TPSA) is 101 Å². The molecule has 1 aliphatic rings. The Hall–Kier alpha value is -1.79. The second-order valence-corrected chi connectivity index (χ2v) is 4.05. The second kappa shape index (κ2) is 4.23. The zero-order valence-electron chi connectivity index (χ0n) is 8.95. The predicted molar refractivity (Wildman–Crippen MR) is 57.7 cm³/mol. The highest BCUT2D eigenvalue weighted by Gasteiger charge is 2.33. The van der Waals surface area contributed by atoms with E-state index in [9.17, 15) is 20.1 Å². The number of likely N-dealkylation sites (tertiary alicyclic amines) is 1. The van der Waals surface area contributed by atoms with Gasteiger partial charge in [-0.25, -0.2) is 0 Å². The molecule has 1 fully saturated rings. The number of phenols is 2. The first kappa shape index (κ1) is 11.7. The molecule has 17 heavy (non-hydrogen) atoms. The van der Waals surface area contributed by atoms with E-state index in [1.807, 2.05) is 0 Å². The van der Waals surface area contributed by atoms with Gasteiger partial charge in [0.1, 0.15) is 11.5 Å². The Balaban J connectivity index is 2.20.